The van der Waals surface area contributed by atoms with Crippen LogP contribution in [0.3, 0.4) is 0 Å². The van der Waals surface area contributed by atoms with E-state index in [1.807, 2.05) is 0 Å². The van der Waals surface area contributed by atoms with Gasteiger partial charge in [0, 0.05) is 12.3 Å². The van der Waals surface area contributed by atoms with E-state index in [-0.39, 0.29) is 17.2 Å². The number of hydrogen-bond acceptors (Lipinski definition) is 5. The molecule has 92 valence electrons. The number of aromatic nitrogens is 1. The molecule has 0 saturated heterocycles. The minimum absolute atomic E-state index is 0.0142. The van der Waals surface area contributed by atoms with E-state index < -0.39 is 4.92 Å². The largest absolute Gasteiger partial charge is 0.508 e. The van der Waals surface area contributed by atoms with Crippen molar-refractivity contribution >= 4 is 21.6 Å². The van der Waals surface area contributed by atoms with Gasteiger partial charge in [0.25, 0.3) is 0 Å². The summed E-state index contributed by atoms with van der Waals surface area (Å²) in [5, 5.41) is 20.1. The number of halogens is 1. The van der Waals surface area contributed by atoms with Crippen LogP contribution in [0.15, 0.2) is 41.1 Å². The van der Waals surface area contributed by atoms with Gasteiger partial charge in [0.2, 0.25) is 5.75 Å². The van der Waals surface area contributed by atoms with Gasteiger partial charge >= 0.3 is 5.69 Å². The van der Waals surface area contributed by atoms with Gasteiger partial charge in [-0.2, -0.15) is 0 Å². The molecule has 0 aliphatic carbocycles. The number of rotatable bonds is 3. The van der Waals surface area contributed by atoms with Gasteiger partial charge in [-0.25, -0.2) is 0 Å². The van der Waals surface area contributed by atoms with Crippen LogP contribution in [0, 0.1) is 10.1 Å². The first kappa shape index (κ1) is 12.3. The van der Waals surface area contributed by atoms with Crippen molar-refractivity contribution in [2.75, 3.05) is 0 Å². The van der Waals surface area contributed by atoms with Crippen molar-refractivity contribution < 1.29 is 14.8 Å². The third-order valence-electron chi connectivity index (χ3n) is 2.07. The zero-order valence-electron chi connectivity index (χ0n) is 8.91. The second-order valence-corrected chi connectivity index (χ2v) is 4.18. The zero-order chi connectivity index (χ0) is 13.1. The van der Waals surface area contributed by atoms with E-state index in [9.17, 15) is 15.2 Å². The summed E-state index contributed by atoms with van der Waals surface area (Å²) >= 11 is 3.14. The Bertz CT molecular complexity index is 603. The second-order valence-electron chi connectivity index (χ2n) is 3.33. The lowest BCUT2D eigenvalue weighted by Gasteiger charge is -2.07. The first-order valence-electron chi connectivity index (χ1n) is 4.82. The molecule has 1 aromatic carbocycles. The maximum Gasteiger partial charge on any atom is 0.330 e. The molecule has 0 fully saturated rings. The molecule has 7 heteroatoms. The average molecular weight is 311 g/mol. The quantitative estimate of drug-likeness (QED) is 0.694. The van der Waals surface area contributed by atoms with E-state index in [0.29, 0.717) is 10.2 Å². The molecule has 18 heavy (non-hydrogen) atoms. The third kappa shape index (κ3) is 2.57. The topological polar surface area (TPSA) is 85.5 Å². The summed E-state index contributed by atoms with van der Waals surface area (Å²) < 4.78 is 5.76. The van der Waals surface area contributed by atoms with Gasteiger partial charge in [-0.3, -0.25) is 15.1 Å². The minimum Gasteiger partial charge on any atom is -0.508 e. The van der Waals surface area contributed by atoms with E-state index in [1.54, 1.807) is 12.1 Å². The van der Waals surface area contributed by atoms with Crippen LogP contribution in [-0.4, -0.2) is 15.0 Å². The zero-order valence-corrected chi connectivity index (χ0v) is 10.5. The number of aromatic hydroxyl groups is 1. The van der Waals surface area contributed by atoms with Gasteiger partial charge in [0.15, 0.2) is 0 Å². The van der Waals surface area contributed by atoms with Gasteiger partial charge in [0.1, 0.15) is 17.7 Å². The summed E-state index contributed by atoms with van der Waals surface area (Å²) in [6.45, 7) is 0. The number of nitro groups is 1. The van der Waals surface area contributed by atoms with Crippen LogP contribution in [-0.2, 0) is 0 Å². The molecule has 0 radical (unpaired) electrons. The van der Waals surface area contributed by atoms with Crippen LogP contribution in [0.4, 0.5) is 5.69 Å². The van der Waals surface area contributed by atoms with Crippen LogP contribution in [0.25, 0.3) is 0 Å². The molecule has 1 N–H and O–H groups in total. The highest BCUT2D eigenvalue weighted by atomic mass is 79.9. The number of ether oxygens (including phenoxy) is 1. The normalized spacial score (nSPS) is 10.1. The van der Waals surface area contributed by atoms with Gasteiger partial charge in [-0.15, -0.1) is 0 Å². The predicted molar refractivity (Wildman–Crippen MR) is 66.8 cm³/mol. The number of nitrogens with zero attached hydrogens (tertiary/aromatic N) is 2. The van der Waals surface area contributed by atoms with Crippen molar-refractivity contribution in [3.63, 3.8) is 0 Å². The van der Waals surface area contributed by atoms with Crippen molar-refractivity contribution in [3.05, 3.63) is 51.2 Å². The molecule has 6 nitrogen and oxygen atoms in total. The fourth-order valence-electron chi connectivity index (χ4n) is 1.31. The van der Waals surface area contributed by atoms with Crippen LogP contribution in [0.5, 0.6) is 17.2 Å². The lowest BCUT2D eigenvalue weighted by molar-refractivity contribution is -0.386. The van der Waals surface area contributed by atoms with E-state index in [0.717, 1.165) is 6.20 Å². The van der Waals surface area contributed by atoms with Crippen molar-refractivity contribution in [1.29, 1.82) is 0 Å². The van der Waals surface area contributed by atoms with E-state index in [2.05, 4.69) is 20.9 Å². The Hall–Kier alpha value is -2.15. The Labute approximate surface area is 110 Å². The highest BCUT2D eigenvalue weighted by Crippen LogP contribution is 2.37. The second kappa shape index (κ2) is 5.01. The molecule has 0 spiro atoms. The van der Waals surface area contributed by atoms with Crippen molar-refractivity contribution in [2.45, 2.75) is 0 Å². The standard InChI is InChI=1S/C11H7BrN2O4/c12-9-5-13-6-10(14(16)17)11(9)18-8-3-1-2-7(15)4-8/h1-6,15H. The molecule has 0 bridgehead atoms. The van der Waals surface area contributed by atoms with Gasteiger partial charge in [-0.05, 0) is 28.1 Å². The average Bonchev–Trinajstić information content (AvgIpc) is 2.31. The summed E-state index contributed by atoms with van der Waals surface area (Å²) in [7, 11) is 0. The molecule has 1 heterocycles. The summed E-state index contributed by atoms with van der Waals surface area (Å²) in [6, 6.07) is 5.99. The Morgan fingerprint density at radius 3 is 2.83 bits per heavy atom. The number of hydrogen-bond donors (Lipinski definition) is 1. The molecule has 0 amide bonds. The Morgan fingerprint density at radius 1 is 1.39 bits per heavy atom. The fourth-order valence-corrected chi connectivity index (χ4v) is 1.71. The van der Waals surface area contributed by atoms with Crippen LogP contribution >= 0.6 is 15.9 Å². The summed E-state index contributed by atoms with van der Waals surface area (Å²) in [6.07, 6.45) is 2.49. The summed E-state index contributed by atoms with van der Waals surface area (Å²) in [5.41, 5.74) is -0.257. The lowest BCUT2D eigenvalue weighted by Crippen LogP contribution is -1.95. The summed E-state index contributed by atoms with van der Waals surface area (Å²) in [4.78, 5) is 14.0. The highest BCUT2D eigenvalue weighted by Gasteiger charge is 2.19. The molecular weight excluding hydrogens is 304 g/mol. The molecule has 0 aliphatic rings. The van der Waals surface area contributed by atoms with Crippen LogP contribution in [0.1, 0.15) is 0 Å². The molecule has 0 atom stereocenters. The van der Waals surface area contributed by atoms with Gasteiger partial charge < -0.3 is 9.84 Å². The smallest absolute Gasteiger partial charge is 0.330 e. The monoisotopic (exact) mass is 310 g/mol. The maximum absolute atomic E-state index is 10.8. The van der Waals surface area contributed by atoms with Crippen molar-refractivity contribution in [3.8, 4) is 17.2 Å². The molecule has 1 aromatic heterocycles. The number of pyridine rings is 1. The maximum atomic E-state index is 10.8. The van der Waals surface area contributed by atoms with E-state index in [4.69, 9.17) is 4.74 Å². The van der Waals surface area contributed by atoms with E-state index in [1.165, 1.54) is 18.3 Å². The highest BCUT2D eigenvalue weighted by molar-refractivity contribution is 9.10. The predicted octanol–water partition coefficient (Wildman–Crippen LogP) is 3.25. The summed E-state index contributed by atoms with van der Waals surface area (Å²) in [5.74, 6) is 0.353. The van der Waals surface area contributed by atoms with E-state index >= 15 is 0 Å². The molecule has 0 aliphatic heterocycles. The number of phenols is 1. The molecule has 0 saturated carbocycles. The molecule has 2 rings (SSSR count). The number of phenolic OH excluding ortho intramolecular Hbond substituents is 1. The van der Waals surface area contributed by atoms with Gasteiger partial charge in [0.05, 0.1) is 9.40 Å². The Kier molecular flexibility index (Phi) is 3.42. The first-order valence-corrected chi connectivity index (χ1v) is 5.62. The Balaban J connectivity index is 2.42. The molecule has 2 aromatic rings. The SMILES string of the molecule is O=[N+]([O-])c1cncc(Br)c1Oc1cccc(O)c1. The first-order chi connectivity index (χ1) is 8.58. The van der Waals surface area contributed by atoms with Crippen molar-refractivity contribution in [1.82, 2.24) is 4.98 Å². The molecule has 0 unspecified atom stereocenters. The minimum atomic E-state index is -0.587. The van der Waals surface area contributed by atoms with Crippen molar-refractivity contribution in [2.24, 2.45) is 0 Å². The fraction of sp³-hybridized carbons (Fsp3) is 0. The lowest BCUT2D eigenvalue weighted by atomic mass is 10.3. The number of benzene rings is 1. The Morgan fingerprint density at radius 2 is 2.17 bits per heavy atom. The molecular formula is C11H7BrN2O4. The third-order valence-corrected chi connectivity index (χ3v) is 2.63. The van der Waals surface area contributed by atoms with Crippen LogP contribution in [0.2, 0.25) is 0 Å². The van der Waals surface area contributed by atoms with Crippen LogP contribution < -0.4 is 4.74 Å². The van der Waals surface area contributed by atoms with Gasteiger partial charge in [-0.1, -0.05) is 6.07 Å².